The van der Waals surface area contributed by atoms with Gasteiger partial charge in [0.05, 0.1) is 27.7 Å². The van der Waals surface area contributed by atoms with Crippen LogP contribution < -0.4 is 5.32 Å². The van der Waals surface area contributed by atoms with E-state index in [1.54, 1.807) is 4.90 Å². The number of nitrogens with one attached hydrogen (secondary N) is 1. The Labute approximate surface area is 247 Å². The van der Waals surface area contributed by atoms with Gasteiger partial charge in [0.2, 0.25) is 0 Å². The number of aliphatic hydroxyl groups is 1. The number of rotatable bonds is 26. The van der Waals surface area contributed by atoms with Gasteiger partial charge in [-0.15, -0.1) is 0 Å². The first-order valence-corrected chi connectivity index (χ1v) is 17.6. The predicted molar refractivity (Wildman–Crippen MR) is 167 cm³/mol. The molecule has 0 aliphatic rings. The highest BCUT2D eigenvalue weighted by Crippen LogP contribution is 2.35. The molecule has 9 nitrogen and oxygen atoms in total. The molecule has 0 unspecified atom stereocenters. The van der Waals surface area contributed by atoms with Gasteiger partial charge >= 0.3 is 13.9 Å². The van der Waals surface area contributed by atoms with Gasteiger partial charge < -0.3 is 29.6 Å². The van der Waals surface area contributed by atoms with Crippen LogP contribution in [0.25, 0.3) is 0 Å². The summed E-state index contributed by atoms with van der Waals surface area (Å²) < 4.78 is 15.1. The van der Waals surface area contributed by atoms with E-state index in [9.17, 15) is 9.36 Å². The Balaban J connectivity index is 0. The number of hydrogen-bond donors (Lipinski definition) is 4. The van der Waals surface area contributed by atoms with E-state index in [-0.39, 0.29) is 19.2 Å². The Kier molecular flexibility index (Phi) is 29.4. The van der Waals surface area contributed by atoms with Crippen LogP contribution in [0.15, 0.2) is 0 Å². The third-order valence-electron chi connectivity index (χ3n) is 6.79. The summed E-state index contributed by atoms with van der Waals surface area (Å²) in [7, 11) is 1.50. The van der Waals surface area contributed by atoms with Crippen LogP contribution in [0.4, 0.5) is 4.79 Å². The van der Waals surface area contributed by atoms with Crippen molar-refractivity contribution < 1.29 is 33.3 Å². The summed E-state index contributed by atoms with van der Waals surface area (Å²) in [6.45, 7) is 6.73. The highest BCUT2D eigenvalue weighted by Gasteiger charge is 2.16. The second-order valence-corrected chi connectivity index (χ2v) is 13.1. The first-order chi connectivity index (χ1) is 19.0. The van der Waals surface area contributed by atoms with Crippen molar-refractivity contribution in [1.82, 2.24) is 10.2 Å². The molecule has 0 saturated carbocycles. The standard InChI is InChI=1S/C25H52N2O2.C5H14NO4P/c1-3-5-6-7-8-9-10-11-12-13-14-15-16-17-18-19-20-21-22-27(23-24-28)25(29)26-4-2;1-6(2,3)4-5-10-11(7,8)9/h28H,3-24H2,1-2H3,(H,26,29);4-5H2,1-3H3,(H-,7,8,9)/p+1. The number of phosphoric ester groups is 1. The predicted octanol–water partition coefficient (Wildman–Crippen LogP) is 6.85. The van der Waals surface area contributed by atoms with Gasteiger partial charge in [-0.1, -0.05) is 116 Å². The highest BCUT2D eigenvalue weighted by molar-refractivity contribution is 7.46. The van der Waals surface area contributed by atoms with Gasteiger partial charge in [-0.3, -0.25) is 4.52 Å². The zero-order chi connectivity index (χ0) is 30.5. The molecular formula is C30H67N3O6P+. The minimum Gasteiger partial charge on any atom is -0.395 e. The molecule has 40 heavy (non-hydrogen) atoms. The van der Waals surface area contributed by atoms with Crippen molar-refractivity contribution in [2.24, 2.45) is 0 Å². The second-order valence-electron chi connectivity index (χ2n) is 11.9. The average Bonchev–Trinajstić information content (AvgIpc) is 2.86. The maximum Gasteiger partial charge on any atom is 0.469 e. The van der Waals surface area contributed by atoms with E-state index in [1.165, 1.54) is 109 Å². The molecule has 10 heteroatoms. The summed E-state index contributed by atoms with van der Waals surface area (Å²) in [5.41, 5.74) is 0. The Morgan fingerprint density at radius 3 is 1.45 bits per heavy atom. The minimum atomic E-state index is -4.26. The van der Waals surface area contributed by atoms with Crippen molar-refractivity contribution in [3.05, 3.63) is 0 Å². The summed E-state index contributed by atoms with van der Waals surface area (Å²) in [6.07, 6.45) is 24.7. The summed E-state index contributed by atoms with van der Waals surface area (Å²) in [4.78, 5) is 30.2. The lowest BCUT2D eigenvalue weighted by molar-refractivity contribution is -0.870. The number of phosphoric acid groups is 1. The van der Waals surface area contributed by atoms with Crippen molar-refractivity contribution in [3.63, 3.8) is 0 Å². The largest absolute Gasteiger partial charge is 0.469 e. The lowest BCUT2D eigenvalue weighted by Gasteiger charge is -2.23. The highest BCUT2D eigenvalue weighted by atomic mass is 31.2. The molecule has 0 saturated heterocycles. The fourth-order valence-corrected chi connectivity index (χ4v) is 4.66. The monoisotopic (exact) mass is 596 g/mol. The van der Waals surface area contributed by atoms with E-state index in [0.717, 1.165) is 13.0 Å². The number of urea groups is 1. The zero-order valence-electron chi connectivity index (χ0n) is 26.9. The molecule has 2 amide bonds. The van der Waals surface area contributed by atoms with Gasteiger partial charge in [0.1, 0.15) is 13.2 Å². The molecule has 0 aromatic carbocycles. The third-order valence-corrected chi connectivity index (χ3v) is 7.31. The van der Waals surface area contributed by atoms with Crippen LogP contribution >= 0.6 is 7.82 Å². The number of nitrogens with zero attached hydrogens (tertiary/aromatic N) is 2. The van der Waals surface area contributed by atoms with Gasteiger partial charge in [0, 0.05) is 19.6 Å². The molecule has 0 fully saturated rings. The molecule has 0 spiro atoms. The summed E-state index contributed by atoms with van der Waals surface area (Å²) in [5, 5.41) is 11.9. The van der Waals surface area contributed by atoms with E-state index < -0.39 is 7.82 Å². The Hall–Kier alpha value is -0.700. The molecular weight excluding hydrogens is 529 g/mol. The van der Waals surface area contributed by atoms with Gasteiger partial charge in [0.15, 0.2) is 0 Å². The van der Waals surface area contributed by atoms with Crippen LogP contribution in [0.5, 0.6) is 0 Å². The number of hydrogen-bond acceptors (Lipinski definition) is 4. The average molecular weight is 597 g/mol. The number of aliphatic hydroxyl groups excluding tert-OH is 1. The number of likely N-dealkylation sites (N-methyl/N-ethyl adjacent to an activating group) is 1. The van der Waals surface area contributed by atoms with E-state index in [1.807, 2.05) is 28.1 Å². The normalized spacial score (nSPS) is 11.7. The second kappa shape index (κ2) is 28.4. The molecule has 242 valence electrons. The van der Waals surface area contributed by atoms with E-state index >= 15 is 0 Å². The van der Waals surface area contributed by atoms with Crippen LogP contribution in [-0.2, 0) is 9.09 Å². The minimum absolute atomic E-state index is 0.0379. The van der Waals surface area contributed by atoms with Gasteiger partial charge in [0.25, 0.3) is 0 Å². The van der Waals surface area contributed by atoms with Crippen molar-refractivity contribution in [1.29, 1.82) is 0 Å². The topological polar surface area (TPSA) is 119 Å². The third kappa shape index (κ3) is 35.3. The van der Waals surface area contributed by atoms with Crippen LogP contribution in [0.1, 0.15) is 129 Å². The molecule has 0 radical (unpaired) electrons. The molecule has 0 heterocycles. The summed E-state index contributed by atoms with van der Waals surface area (Å²) in [6, 6.07) is -0.0477. The Morgan fingerprint density at radius 1 is 0.725 bits per heavy atom. The van der Waals surface area contributed by atoms with Gasteiger partial charge in [-0.2, -0.15) is 0 Å². The summed E-state index contributed by atoms with van der Waals surface area (Å²) >= 11 is 0. The quantitative estimate of drug-likeness (QED) is 0.0492. The molecule has 0 rings (SSSR count). The molecule has 0 atom stereocenters. The Morgan fingerprint density at radius 2 is 1.12 bits per heavy atom. The first-order valence-electron chi connectivity index (χ1n) is 16.1. The van der Waals surface area contributed by atoms with Crippen molar-refractivity contribution in [2.45, 2.75) is 129 Å². The molecule has 0 bridgehead atoms. The molecule has 0 aliphatic carbocycles. The zero-order valence-corrected chi connectivity index (χ0v) is 27.8. The lowest BCUT2D eigenvalue weighted by atomic mass is 10.0. The van der Waals surface area contributed by atoms with E-state index in [4.69, 9.17) is 14.9 Å². The molecule has 0 aromatic heterocycles. The molecule has 0 aromatic rings. The fraction of sp³-hybridized carbons (Fsp3) is 0.967. The number of unbranched alkanes of at least 4 members (excludes halogenated alkanes) is 17. The smallest absolute Gasteiger partial charge is 0.395 e. The number of carbonyl (C=O) groups excluding carboxylic acids is 1. The SMILES string of the molecule is CCCCCCCCCCCCCCCCCCCCN(CCO)C(=O)NCC.C[N+](C)(C)CCOP(=O)(O)O. The number of quaternary nitrogens is 1. The van der Waals surface area contributed by atoms with E-state index in [0.29, 0.717) is 24.1 Å². The van der Waals surface area contributed by atoms with Crippen molar-refractivity contribution in [2.75, 3.05) is 60.5 Å². The van der Waals surface area contributed by atoms with Crippen LogP contribution in [0.2, 0.25) is 0 Å². The fourth-order valence-electron chi connectivity index (χ4n) is 4.34. The first kappa shape index (κ1) is 41.4. The maximum absolute atomic E-state index is 11.9. The van der Waals surface area contributed by atoms with Crippen LogP contribution in [0, 0.1) is 0 Å². The van der Waals surface area contributed by atoms with Crippen LogP contribution in [0.3, 0.4) is 0 Å². The maximum atomic E-state index is 11.9. The van der Waals surface area contributed by atoms with E-state index in [2.05, 4.69) is 16.8 Å². The lowest BCUT2D eigenvalue weighted by Crippen LogP contribution is -2.41. The van der Waals surface area contributed by atoms with Gasteiger partial charge in [-0.05, 0) is 13.3 Å². The van der Waals surface area contributed by atoms with Gasteiger partial charge in [-0.25, -0.2) is 9.36 Å². The summed E-state index contributed by atoms with van der Waals surface area (Å²) in [5.74, 6) is 0. The molecule has 0 aliphatic heterocycles. The van der Waals surface area contributed by atoms with Crippen molar-refractivity contribution in [3.8, 4) is 0 Å². The Bertz CT molecular complexity index is 598. The van der Waals surface area contributed by atoms with Crippen molar-refractivity contribution >= 4 is 13.9 Å². The molecule has 4 N–H and O–H groups in total. The van der Waals surface area contributed by atoms with Crippen LogP contribution in [-0.4, -0.2) is 90.8 Å². The number of carbonyl (C=O) groups is 1. The number of amides is 2.